The maximum Gasteiger partial charge on any atom is 0.239 e. The number of nitrogens with two attached hydrogens (primary N) is 1. The van der Waals surface area contributed by atoms with E-state index in [-0.39, 0.29) is 24.4 Å². The molecule has 0 aromatic rings. The molecule has 2 N–H and O–H groups in total. The molecule has 4 nitrogen and oxygen atoms in total. The van der Waals surface area contributed by atoms with Crippen molar-refractivity contribution < 1.29 is 9.53 Å². The average Bonchev–Trinajstić information content (AvgIpc) is 2.69. The van der Waals surface area contributed by atoms with Crippen molar-refractivity contribution >= 4 is 18.3 Å². The first kappa shape index (κ1) is 15.7. The van der Waals surface area contributed by atoms with Crippen molar-refractivity contribution in [1.29, 1.82) is 0 Å². The van der Waals surface area contributed by atoms with Gasteiger partial charge in [-0.25, -0.2) is 0 Å². The monoisotopic (exact) mass is 250 g/mol. The lowest BCUT2D eigenvalue weighted by Gasteiger charge is -2.23. The molecule has 1 aliphatic rings. The standard InChI is InChI=1S/C11H22N2O2.ClH/c1-3-4-10(12)11(14)13(2)7-9-5-6-15-8-9;/h9-10H,3-8,12H2,1-2H3;1H. The Bertz CT molecular complexity index is 208. The van der Waals surface area contributed by atoms with Gasteiger partial charge in [-0.3, -0.25) is 4.79 Å². The van der Waals surface area contributed by atoms with Gasteiger partial charge in [0.15, 0.2) is 0 Å². The Kier molecular flexibility index (Phi) is 7.72. The molecule has 2 atom stereocenters. The highest BCUT2D eigenvalue weighted by Crippen LogP contribution is 2.13. The van der Waals surface area contributed by atoms with Crippen LogP contribution in [-0.2, 0) is 9.53 Å². The van der Waals surface area contributed by atoms with E-state index in [0.29, 0.717) is 5.92 Å². The third kappa shape index (κ3) is 4.68. The predicted molar refractivity (Wildman–Crippen MR) is 66.7 cm³/mol. The minimum Gasteiger partial charge on any atom is -0.381 e. The number of carbonyl (C=O) groups excluding carboxylic acids is 1. The second-order valence-corrected chi connectivity index (χ2v) is 4.34. The molecule has 5 heteroatoms. The van der Waals surface area contributed by atoms with Crippen molar-refractivity contribution in [1.82, 2.24) is 4.90 Å². The molecule has 0 saturated carbocycles. The number of carbonyl (C=O) groups is 1. The van der Waals surface area contributed by atoms with Crippen LogP contribution in [0.1, 0.15) is 26.2 Å². The van der Waals surface area contributed by atoms with Gasteiger partial charge in [-0.15, -0.1) is 12.4 Å². The SMILES string of the molecule is CCCC(N)C(=O)N(C)CC1CCOC1.Cl. The van der Waals surface area contributed by atoms with E-state index in [9.17, 15) is 4.79 Å². The van der Waals surface area contributed by atoms with E-state index in [1.165, 1.54) is 0 Å². The minimum absolute atomic E-state index is 0. The molecule has 1 heterocycles. The summed E-state index contributed by atoms with van der Waals surface area (Å²) < 4.78 is 5.28. The van der Waals surface area contributed by atoms with Crippen molar-refractivity contribution in [2.45, 2.75) is 32.2 Å². The molecule has 0 radical (unpaired) electrons. The summed E-state index contributed by atoms with van der Waals surface area (Å²) in [5.74, 6) is 0.552. The third-order valence-corrected chi connectivity index (χ3v) is 2.85. The molecule has 1 rings (SSSR count). The molecule has 0 spiro atoms. The number of ether oxygens (including phenoxy) is 1. The van der Waals surface area contributed by atoms with Crippen molar-refractivity contribution in [3.63, 3.8) is 0 Å². The second kappa shape index (κ2) is 7.87. The highest BCUT2D eigenvalue weighted by Gasteiger charge is 2.22. The first-order chi connectivity index (χ1) is 7.15. The molecule has 1 fully saturated rings. The first-order valence-electron chi connectivity index (χ1n) is 5.73. The van der Waals surface area contributed by atoms with E-state index in [1.807, 2.05) is 14.0 Å². The van der Waals surface area contributed by atoms with E-state index in [4.69, 9.17) is 10.5 Å². The summed E-state index contributed by atoms with van der Waals surface area (Å²) in [5, 5.41) is 0. The van der Waals surface area contributed by atoms with E-state index >= 15 is 0 Å². The number of halogens is 1. The number of amides is 1. The number of nitrogens with zero attached hydrogens (tertiary/aromatic N) is 1. The summed E-state index contributed by atoms with van der Waals surface area (Å²) in [6.45, 7) is 4.42. The Morgan fingerprint density at radius 2 is 2.31 bits per heavy atom. The van der Waals surface area contributed by atoms with Crippen LogP contribution >= 0.6 is 12.4 Å². The van der Waals surface area contributed by atoms with Gasteiger partial charge in [-0.2, -0.15) is 0 Å². The molecule has 16 heavy (non-hydrogen) atoms. The van der Waals surface area contributed by atoms with Crippen molar-refractivity contribution in [2.24, 2.45) is 11.7 Å². The maximum atomic E-state index is 11.8. The first-order valence-corrected chi connectivity index (χ1v) is 5.73. The van der Waals surface area contributed by atoms with Crippen LogP contribution in [0.4, 0.5) is 0 Å². The minimum atomic E-state index is -0.331. The van der Waals surface area contributed by atoms with E-state index in [1.54, 1.807) is 4.90 Å². The Labute approximate surface area is 104 Å². The number of hydrogen-bond donors (Lipinski definition) is 1. The molecule has 2 unspecified atom stereocenters. The van der Waals surface area contributed by atoms with Crippen LogP contribution in [-0.4, -0.2) is 43.7 Å². The van der Waals surface area contributed by atoms with Crippen LogP contribution in [0.25, 0.3) is 0 Å². The average molecular weight is 251 g/mol. The fourth-order valence-corrected chi connectivity index (χ4v) is 1.92. The number of hydrogen-bond acceptors (Lipinski definition) is 3. The Hall–Kier alpha value is -0.320. The Morgan fingerprint density at radius 1 is 1.62 bits per heavy atom. The van der Waals surface area contributed by atoms with Crippen molar-refractivity contribution in [3.8, 4) is 0 Å². The van der Waals surface area contributed by atoms with Gasteiger partial charge in [0.1, 0.15) is 0 Å². The quantitative estimate of drug-likeness (QED) is 0.793. The van der Waals surface area contributed by atoms with Gasteiger partial charge in [0.05, 0.1) is 12.6 Å². The van der Waals surface area contributed by atoms with E-state index in [2.05, 4.69) is 0 Å². The topological polar surface area (TPSA) is 55.6 Å². The van der Waals surface area contributed by atoms with E-state index in [0.717, 1.165) is 39.0 Å². The summed E-state index contributed by atoms with van der Waals surface area (Å²) in [6.07, 6.45) is 2.78. The van der Waals surface area contributed by atoms with Gasteiger partial charge in [-0.05, 0) is 12.8 Å². The Morgan fingerprint density at radius 3 is 2.81 bits per heavy atom. The lowest BCUT2D eigenvalue weighted by molar-refractivity contribution is -0.132. The molecule has 0 aromatic heterocycles. The molecule has 1 saturated heterocycles. The molecule has 0 aliphatic carbocycles. The van der Waals surface area contributed by atoms with E-state index < -0.39 is 0 Å². The second-order valence-electron chi connectivity index (χ2n) is 4.34. The molecule has 96 valence electrons. The zero-order valence-electron chi connectivity index (χ0n) is 10.1. The highest BCUT2D eigenvalue weighted by molar-refractivity contribution is 5.85. The lowest BCUT2D eigenvalue weighted by atomic mass is 10.1. The summed E-state index contributed by atoms with van der Waals surface area (Å²) >= 11 is 0. The van der Waals surface area contributed by atoms with Gasteiger partial charge in [0.2, 0.25) is 5.91 Å². The summed E-state index contributed by atoms with van der Waals surface area (Å²) in [4.78, 5) is 13.5. The van der Waals surface area contributed by atoms with Gasteiger partial charge in [-0.1, -0.05) is 13.3 Å². The van der Waals surface area contributed by atoms with Crippen molar-refractivity contribution in [3.05, 3.63) is 0 Å². The third-order valence-electron chi connectivity index (χ3n) is 2.85. The van der Waals surface area contributed by atoms with Gasteiger partial charge < -0.3 is 15.4 Å². The van der Waals surface area contributed by atoms with Gasteiger partial charge >= 0.3 is 0 Å². The largest absolute Gasteiger partial charge is 0.381 e. The fourth-order valence-electron chi connectivity index (χ4n) is 1.92. The smallest absolute Gasteiger partial charge is 0.239 e. The summed E-state index contributed by atoms with van der Waals surface area (Å²) in [5.41, 5.74) is 5.78. The molecular weight excluding hydrogens is 228 g/mol. The van der Waals surface area contributed by atoms with Crippen LogP contribution in [0.5, 0.6) is 0 Å². The number of likely N-dealkylation sites (N-methyl/N-ethyl adjacent to an activating group) is 1. The lowest BCUT2D eigenvalue weighted by Crippen LogP contribution is -2.43. The van der Waals surface area contributed by atoms with Gasteiger partial charge in [0, 0.05) is 26.1 Å². The molecule has 0 bridgehead atoms. The van der Waals surface area contributed by atoms with Gasteiger partial charge in [0.25, 0.3) is 0 Å². The predicted octanol–water partition coefficient (Wildman–Crippen LogP) is 1.03. The molecule has 1 amide bonds. The zero-order chi connectivity index (χ0) is 11.3. The van der Waals surface area contributed by atoms with Crippen molar-refractivity contribution in [2.75, 3.05) is 26.8 Å². The van der Waals surface area contributed by atoms with Crippen LogP contribution in [0.2, 0.25) is 0 Å². The van der Waals surface area contributed by atoms with Crippen LogP contribution in [0, 0.1) is 5.92 Å². The maximum absolute atomic E-state index is 11.8. The summed E-state index contributed by atoms with van der Waals surface area (Å²) in [6, 6.07) is -0.331. The number of rotatable bonds is 5. The summed E-state index contributed by atoms with van der Waals surface area (Å²) in [7, 11) is 1.83. The molecule has 0 aromatic carbocycles. The van der Waals surface area contributed by atoms with Crippen LogP contribution < -0.4 is 5.73 Å². The van der Waals surface area contributed by atoms with Crippen LogP contribution in [0.15, 0.2) is 0 Å². The Balaban J connectivity index is 0.00000225. The fraction of sp³-hybridized carbons (Fsp3) is 0.909. The molecule has 1 aliphatic heterocycles. The normalized spacial score (nSPS) is 21.3. The molecular formula is C11H23ClN2O2. The highest BCUT2D eigenvalue weighted by atomic mass is 35.5. The van der Waals surface area contributed by atoms with Crippen LogP contribution in [0.3, 0.4) is 0 Å². The zero-order valence-corrected chi connectivity index (χ0v) is 11.0.